The van der Waals surface area contributed by atoms with Crippen LogP contribution in [0.5, 0.6) is 0 Å². The van der Waals surface area contributed by atoms with E-state index >= 15 is 0 Å². The summed E-state index contributed by atoms with van der Waals surface area (Å²) in [5.74, 6) is -0.129. The SMILES string of the molecule is CC1(O)CCN(C(=O)C(Cl)c2ccccc2)C1. The van der Waals surface area contributed by atoms with Gasteiger partial charge in [-0.05, 0) is 18.9 Å². The fourth-order valence-corrected chi connectivity index (χ4v) is 2.34. The first-order valence-electron chi connectivity index (χ1n) is 5.70. The molecule has 3 nitrogen and oxygen atoms in total. The highest BCUT2D eigenvalue weighted by atomic mass is 35.5. The standard InChI is InChI=1S/C13H16ClNO2/c1-13(17)7-8-15(9-13)12(16)11(14)10-5-3-2-4-6-10/h2-6,11,17H,7-9H2,1H3. The van der Waals surface area contributed by atoms with Crippen LogP contribution in [0.4, 0.5) is 0 Å². The van der Waals surface area contributed by atoms with E-state index in [0.717, 1.165) is 5.56 Å². The Kier molecular flexibility index (Phi) is 3.40. The van der Waals surface area contributed by atoms with E-state index in [9.17, 15) is 9.90 Å². The number of hydrogen-bond acceptors (Lipinski definition) is 2. The lowest BCUT2D eigenvalue weighted by Crippen LogP contribution is -2.35. The lowest BCUT2D eigenvalue weighted by atomic mass is 10.1. The van der Waals surface area contributed by atoms with E-state index in [1.807, 2.05) is 30.3 Å². The highest BCUT2D eigenvalue weighted by molar-refractivity contribution is 6.30. The largest absolute Gasteiger partial charge is 0.388 e. The molecule has 4 heteroatoms. The molecule has 0 radical (unpaired) electrons. The second-order valence-electron chi connectivity index (χ2n) is 4.78. The van der Waals surface area contributed by atoms with Crippen molar-refractivity contribution in [1.29, 1.82) is 0 Å². The molecule has 2 unspecified atom stereocenters. The Morgan fingerprint density at radius 3 is 2.65 bits per heavy atom. The second kappa shape index (κ2) is 4.67. The van der Waals surface area contributed by atoms with Gasteiger partial charge in [0.25, 0.3) is 0 Å². The molecular weight excluding hydrogens is 238 g/mol. The number of halogens is 1. The van der Waals surface area contributed by atoms with E-state index in [0.29, 0.717) is 19.5 Å². The topological polar surface area (TPSA) is 40.5 Å². The molecule has 92 valence electrons. The number of nitrogens with zero attached hydrogens (tertiary/aromatic N) is 1. The Hall–Kier alpha value is -1.06. The zero-order valence-electron chi connectivity index (χ0n) is 9.77. The summed E-state index contributed by atoms with van der Waals surface area (Å²) in [6.07, 6.45) is 0.608. The molecule has 1 saturated heterocycles. The van der Waals surface area contributed by atoms with E-state index in [1.54, 1.807) is 11.8 Å². The molecule has 2 rings (SSSR count). The molecule has 1 aliphatic rings. The monoisotopic (exact) mass is 253 g/mol. The molecule has 2 atom stereocenters. The summed E-state index contributed by atoms with van der Waals surface area (Å²) >= 11 is 6.16. The first-order valence-corrected chi connectivity index (χ1v) is 6.13. The molecule has 1 aromatic carbocycles. The summed E-state index contributed by atoms with van der Waals surface area (Å²) in [6.45, 7) is 2.68. The molecule has 1 aliphatic heterocycles. The number of rotatable bonds is 2. The van der Waals surface area contributed by atoms with Crippen molar-refractivity contribution in [3.8, 4) is 0 Å². The third kappa shape index (κ3) is 2.79. The molecule has 1 amide bonds. The van der Waals surface area contributed by atoms with Gasteiger partial charge in [0, 0.05) is 13.1 Å². The quantitative estimate of drug-likeness (QED) is 0.819. The predicted molar refractivity (Wildman–Crippen MR) is 66.9 cm³/mol. The molecule has 1 fully saturated rings. The van der Waals surface area contributed by atoms with Crippen molar-refractivity contribution in [2.45, 2.75) is 24.3 Å². The number of likely N-dealkylation sites (tertiary alicyclic amines) is 1. The summed E-state index contributed by atoms with van der Waals surface area (Å²) in [4.78, 5) is 13.7. The van der Waals surface area contributed by atoms with Gasteiger partial charge in [0.05, 0.1) is 5.60 Å². The fraction of sp³-hybridized carbons (Fsp3) is 0.462. The molecule has 0 aliphatic carbocycles. The second-order valence-corrected chi connectivity index (χ2v) is 5.22. The summed E-state index contributed by atoms with van der Waals surface area (Å²) in [7, 11) is 0. The number of alkyl halides is 1. The lowest BCUT2D eigenvalue weighted by Gasteiger charge is -2.21. The summed E-state index contributed by atoms with van der Waals surface area (Å²) < 4.78 is 0. The first kappa shape index (κ1) is 12.4. The van der Waals surface area contributed by atoms with Gasteiger partial charge in [-0.25, -0.2) is 0 Å². The van der Waals surface area contributed by atoms with Gasteiger partial charge in [-0.2, -0.15) is 0 Å². The van der Waals surface area contributed by atoms with Crippen LogP contribution in [0.15, 0.2) is 30.3 Å². The van der Waals surface area contributed by atoms with Gasteiger partial charge < -0.3 is 10.0 Å². The summed E-state index contributed by atoms with van der Waals surface area (Å²) in [5.41, 5.74) is 0.0221. The maximum Gasteiger partial charge on any atom is 0.245 e. The molecule has 0 saturated carbocycles. The normalized spacial score (nSPS) is 25.9. The number of β-amino-alcohol motifs (C(OH)–C–C–N with tert-alkyl or cyclic N) is 1. The molecule has 0 aromatic heterocycles. The zero-order chi connectivity index (χ0) is 12.5. The van der Waals surface area contributed by atoms with Crippen LogP contribution in [0.3, 0.4) is 0 Å². The van der Waals surface area contributed by atoms with Gasteiger partial charge in [-0.3, -0.25) is 4.79 Å². The minimum absolute atomic E-state index is 0.129. The van der Waals surface area contributed by atoms with Gasteiger partial charge in [-0.1, -0.05) is 30.3 Å². The Morgan fingerprint density at radius 2 is 2.12 bits per heavy atom. The minimum atomic E-state index is -0.775. The number of carbonyl (C=O) groups excluding carboxylic acids is 1. The van der Waals surface area contributed by atoms with Crippen molar-refractivity contribution < 1.29 is 9.90 Å². The van der Waals surface area contributed by atoms with Crippen LogP contribution in [-0.2, 0) is 4.79 Å². The van der Waals surface area contributed by atoms with Gasteiger partial charge in [0.1, 0.15) is 5.38 Å². The van der Waals surface area contributed by atoms with Crippen LogP contribution in [-0.4, -0.2) is 34.6 Å². The first-order chi connectivity index (χ1) is 7.99. The molecule has 1 N–H and O–H groups in total. The Morgan fingerprint density at radius 1 is 1.47 bits per heavy atom. The third-order valence-electron chi connectivity index (χ3n) is 3.07. The Labute approximate surface area is 106 Å². The van der Waals surface area contributed by atoms with E-state index in [2.05, 4.69) is 0 Å². The van der Waals surface area contributed by atoms with Gasteiger partial charge in [0.15, 0.2) is 0 Å². The van der Waals surface area contributed by atoms with Gasteiger partial charge in [-0.15, -0.1) is 11.6 Å². The maximum absolute atomic E-state index is 12.1. The highest BCUT2D eigenvalue weighted by Gasteiger charge is 2.36. The van der Waals surface area contributed by atoms with Crippen LogP contribution >= 0.6 is 11.6 Å². The van der Waals surface area contributed by atoms with Crippen molar-refractivity contribution in [1.82, 2.24) is 4.90 Å². The minimum Gasteiger partial charge on any atom is -0.388 e. The summed E-state index contributed by atoms with van der Waals surface area (Å²) in [5, 5.41) is 9.17. The Bertz CT molecular complexity index is 405. The van der Waals surface area contributed by atoms with Crippen LogP contribution < -0.4 is 0 Å². The van der Waals surface area contributed by atoms with E-state index in [-0.39, 0.29) is 5.91 Å². The number of hydrogen-bond donors (Lipinski definition) is 1. The van der Waals surface area contributed by atoms with Crippen LogP contribution in [0.25, 0.3) is 0 Å². The lowest BCUT2D eigenvalue weighted by molar-refractivity contribution is -0.130. The molecule has 17 heavy (non-hydrogen) atoms. The number of benzene rings is 1. The van der Waals surface area contributed by atoms with E-state index in [1.165, 1.54) is 0 Å². The van der Waals surface area contributed by atoms with Gasteiger partial charge in [0.2, 0.25) is 5.91 Å². The summed E-state index contributed by atoms with van der Waals surface area (Å²) in [6, 6.07) is 9.28. The molecule has 0 bridgehead atoms. The average Bonchev–Trinajstić information content (AvgIpc) is 2.69. The van der Waals surface area contributed by atoms with Gasteiger partial charge >= 0.3 is 0 Å². The number of amides is 1. The smallest absolute Gasteiger partial charge is 0.245 e. The van der Waals surface area contributed by atoms with Crippen molar-refractivity contribution in [3.63, 3.8) is 0 Å². The van der Waals surface area contributed by atoms with Crippen LogP contribution in [0, 0.1) is 0 Å². The number of carbonyl (C=O) groups is 1. The van der Waals surface area contributed by atoms with E-state index < -0.39 is 11.0 Å². The average molecular weight is 254 g/mol. The Balaban J connectivity index is 2.06. The number of aliphatic hydroxyl groups is 1. The van der Waals surface area contributed by atoms with Crippen LogP contribution in [0.1, 0.15) is 24.3 Å². The van der Waals surface area contributed by atoms with Crippen LogP contribution in [0.2, 0.25) is 0 Å². The molecule has 1 aromatic rings. The predicted octanol–water partition coefficient (Wildman–Crippen LogP) is 1.95. The fourth-order valence-electron chi connectivity index (χ4n) is 2.06. The molecule has 0 spiro atoms. The van der Waals surface area contributed by atoms with Crippen molar-refractivity contribution >= 4 is 17.5 Å². The maximum atomic E-state index is 12.1. The zero-order valence-corrected chi connectivity index (χ0v) is 10.5. The molecule has 1 heterocycles. The van der Waals surface area contributed by atoms with Crippen molar-refractivity contribution in [3.05, 3.63) is 35.9 Å². The highest BCUT2D eigenvalue weighted by Crippen LogP contribution is 2.27. The van der Waals surface area contributed by atoms with E-state index in [4.69, 9.17) is 11.6 Å². The van der Waals surface area contributed by atoms with Crippen molar-refractivity contribution in [2.75, 3.05) is 13.1 Å². The molecular formula is C13H16ClNO2. The third-order valence-corrected chi connectivity index (χ3v) is 3.51. The van der Waals surface area contributed by atoms with Crippen molar-refractivity contribution in [2.24, 2.45) is 0 Å².